The molecule has 1 N–H and O–H groups in total. The number of nitrogens with zero attached hydrogens (tertiary/aromatic N) is 3. The lowest BCUT2D eigenvalue weighted by Crippen LogP contribution is -2.36. The molecule has 1 heterocycles. The Labute approximate surface area is 137 Å². The molecule has 0 aromatic carbocycles. The van der Waals surface area contributed by atoms with Gasteiger partial charge in [-0.05, 0) is 55.6 Å². The number of aromatic nitrogens is 1. The second-order valence-electron chi connectivity index (χ2n) is 6.95. The van der Waals surface area contributed by atoms with Crippen LogP contribution in [0.1, 0.15) is 37.7 Å². The topological polar surface area (TPSA) is 69.0 Å². The Morgan fingerprint density at radius 1 is 1.43 bits per heavy atom. The average molecular weight is 312 g/mol. The van der Waals surface area contributed by atoms with Crippen LogP contribution in [-0.4, -0.2) is 31.0 Å². The first kappa shape index (κ1) is 15.8. The molecule has 2 fully saturated rings. The molecule has 0 aliphatic heterocycles. The Balaban J connectivity index is 1.39. The second kappa shape index (κ2) is 6.99. The Morgan fingerprint density at radius 3 is 2.91 bits per heavy atom. The molecule has 2 aliphatic carbocycles. The Bertz CT molecular complexity index is 592. The summed E-state index contributed by atoms with van der Waals surface area (Å²) in [5.74, 6) is 3.44. The number of hydrogen-bond donors (Lipinski definition) is 1. The van der Waals surface area contributed by atoms with Crippen LogP contribution in [0.25, 0.3) is 0 Å². The summed E-state index contributed by atoms with van der Waals surface area (Å²) in [6.45, 7) is 1.07. The fourth-order valence-electron chi connectivity index (χ4n) is 4.16. The van der Waals surface area contributed by atoms with E-state index in [2.05, 4.69) is 10.3 Å². The van der Waals surface area contributed by atoms with Crippen LogP contribution in [0, 0.1) is 29.1 Å². The van der Waals surface area contributed by atoms with Crippen molar-refractivity contribution in [3.8, 4) is 6.07 Å². The van der Waals surface area contributed by atoms with Crippen molar-refractivity contribution in [2.75, 3.05) is 25.0 Å². The number of amides is 1. The van der Waals surface area contributed by atoms with E-state index in [9.17, 15) is 4.79 Å². The van der Waals surface area contributed by atoms with E-state index < -0.39 is 0 Å². The quantitative estimate of drug-likeness (QED) is 0.875. The van der Waals surface area contributed by atoms with Crippen LogP contribution in [0.5, 0.6) is 0 Å². The van der Waals surface area contributed by atoms with Crippen LogP contribution in [0.4, 0.5) is 5.82 Å². The standard InChI is InChI=1S/C18H24N4O/c1-22(17-5-3-14(10-19)11-21-17)12-18(23)20-7-6-16-9-13-2-4-15(16)8-13/h3,5,11,13,15-16H,2,4,6-9,12H2,1H3,(H,20,23)/t13-,15-,16+/m0/s1. The molecule has 122 valence electrons. The van der Waals surface area contributed by atoms with Crippen molar-refractivity contribution < 1.29 is 4.79 Å². The van der Waals surface area contributed by atoms with E-state index in [1.807, 2.05) is 13.1 Å². The van der Waals surface area contributed by atoms with E-state index in [-0.39, 0.29) is 12.5 Å². The lowest BCUT2D eigenvalue weighted by Gasteiger charge is -2.22. The maximum absolute atomic E-state index is 12.1. The van der Waals surface area contributed by atoms with Gasteiger partial charge in [-0.1, -0.05) is 6.42 Å². The number of likely N-dealkylation sites (N-methyl/N-ethyl adjacent to an activating group) is 1. The number of carbonyl (C=O) groups is 1. The summed E-state index contributed by atoms with van der Waals surface area (Å²) in [6, 6.07) is 5.52. The summed E-state index contributed by atoms with van der Waals surface area (Å²) in [5.41, 5.74) is 0.525. The maximum atomic E-state index is 12.1. The molecule has 1 aromatic heterocycles. The van der Waals surface area contributed by atoms with Crippen molar-refractivity contribution >= 4 is 11.7 Å². The molecule has 3 atom stereocenters. The molecular formula is C18H24N4O. The first-order valence-corrected chi connectivity index (χ1v) is 8.49. The summed E-state index contributed by atoms with van der Waals surface area (Å²) in [7, 11) is 1.84. The first-order chi connectivity index (χ1) is 11.2. The van der Waals surface area contributed by atoms with Gasteiger partial charge in [-0.15, -0.1) is 0 Å². The highest BCUT2D eigenvalue weighted by Gasteiger charge is 2.38. The maximum Gasteiger partial charge on any atom is 0.239 e. The van der Waals surface area contributed by atoms with Crippen LogP contribution in [0.3, 0.4) is 0 Å². The number of fused-ring (bicyclic) bond motifs is 2. The van der Waals surface area contributed by atoms with Gasteiger partial charge in [0.1, 0.15) is 11.9 Å². The van der Waals surface area contributed by atoms with Crippen LogP contribution < -0.4 is 10.2 Å². The Morgan fingerprint density at radius 2 is 2.30 bits per heavy atom. The fraction of sp³-hybridized carbons (Fsp3) is 0.611. The van der Waals surface area contributed by atoms with Crippen molar-refractivity contribution in [1.82, 2.24) is 10.3 Å². The number of rotatable bonds is 6. The Kier molecular flexibility index (Phi) is 4.80. The molecule has 0 spiro atoms. The SMILES string of the molecule is CN(CC(=O)NCC[C@@H]1C[C@H]2CC[C@H]1C2)c1ccc(C#N)cn1. The van der Waals surface area contributed by atoms with Crippen LogP contribution >= 0.6 is 0 Å². The predicted octanol–water partition coefficient (Wildman–Crippen LogP) is 2.33. The van der Waals surface area contributed by atoms with Gasteiger partial charge in [0, 0.05) is 19.8 Å². The highest BCUT2D eigenvalue weighted by molar-refractivity contribution is 5.80. The molecule has 1 amide bonds. The van der Waals surface area contributed by atoms with E-state index >= 15 is 0 Å². The van der Waals surface area contributed by atoms with Gasteiger partial charge in [-0.2, -0.15) is 5.26 Å². The third kappa shape index (κ3) is 3.82. The largest absolute Gasteiger partial charge is 0.355 e. The third-order valence-corrected chi connectivity index (χ3v) is 5.37. The molecule has 1 aromatic rings. The van der Waals surface area contributed by atoms with Crippen LogP contribution in [0.15, 0.2) is 18.3 Å². The lowest BCUT2D eigenvalue weighted by molar-refractivity contribution is -0.119. The zero-order chi connectivity index (χ0) is 16.2. The highest BCUT2D eigenvalue weighted by Crippen LogP contribution is 2.49. The minimum Gasteiger partial charge on any atom is -0.355 e. The normalized spacial score (nSPS) is 25.1. The molecule has 3 rings (SSSR count). The van der Waals surface area contributed by atoms with E-state index in [4.69, 9.17) is 5.26 Å². The lowest BCUT2D eigenvalue weighted by atomic mass is 9.86. The molecule has 5 heteroatoms. The number of nitrogens with one attached hydrogen (secondary N) is 1. The first-order valence-electron chi connectivity index (χ1n) is 8.49. The highest BCUT2D eigenvalue weighted by atomic mass is 16.2. The summed E-state index contributed by atoms with van der Waals surface area (Å²) in [6.07, 6.45) is 8.26. The minimum absolute atomic E-state index is 0.0295. The van der Waals surface area contributed by atoms with Gasteiger partial charge in [0.25, 0.3) is 0 Å². The summed E-state index contributed by atoms with van der Waals surface area (Å²) >= 11 is 0. The number of nitriles is 1. The number of carbonyl (C=O) groups excluding carboxylic acids is 1. The van der Waals surface area contributed by atoms with Gasteiger partial charge >= 0.3 is 0 Å². The summed E-state index contributed by atoms with van der Waals surface area (Å²) < 4.78 is 0. The molecule has 0 radical (unpaired) electrons. The van der Waals surface area contributed by atoms with Crippen LogP contribution in [-0.2, 0) is 4.79 Å². The van der Waals surface area contributed by atoms with Crippen molar-refractivity contribution in [1.29, 1.82) is 5.26 Å². The second-order valence-corrected chi connectivity index (χ2v) is 6.95. The molecule has 2 bridgehead atoms. The van der Waals surface area contributed by atoms with E-state index in [0.717, 1.165) is 30.7 Å². The third-order valence-electron chi connectivity index (χ3n) is 5.37. The number of hydrogen-bond acceptors (Lipinski definition) is 4. The molecule has 5 nitrogen and oxygen atoms in total. The zero-order valence-electron chi connectivity index (χ0n) is 13.7. The molecule has 2 aliphatic rings. The average Bonchev–Trinajstić information content (AvgIpc) is 3.18. The van der Waals surface area contributed by atoms with Crippen molar-refractivity contribution in [3.05, 3.63) is 23.9 Å². The van der Waals surface area contributed by atoms with E-state index in [1.54, 1.807) is 17.0 Å². The van der Waals surface area contributed by atoms with Gasteiger partial charge in [0.05, 0.1) is 12.1 Å². The number of anilines is 1. The molecule has 0 saturated heterocycles. The fourth-order valence-corrected chi connectivity index (χ4v) is 4.16. The van der Waals surface area contributed by atoms with E-state index in [1.165, 1.54) is 31.9 Å². The summed E-state index contributed by atoms with van der Waals surface area (Å²) in [5, 5.41) is 11.8. The van der Waals surface area contributed by atoms with Gasteiger partial charge in [0.15, 0.2) is 0 Å². The Hall–Kier alpha value is -2.09. The monoisotopic (exact) mass is 312 g/mol. The molecule has 2 saturated carbocycles. The van der Waals surface area contributed by atoms with Gasteiger partial charge < -0.3 is 10.2 Å². The molecular weight excluding hydrogens is 288 g/mol. The van der Waals surface area contributed by atoms with Crippen molar-refractivity contribution in [3.63, 3.8) is 0 Å². The minimum atomic E-state index is 0.0295. The van der Waals surface area contributed by atoms with Gasteiger partial charge in [0.2, 0.25) is 5.91 Å². The van der Waals surface area contributed by atoms with Crippen molar-refractivity contribution in [2.24, 2.45) is 17.8 Å². The van der Waals surface area contributed by atoms with Crippen molar-refractivity contribution in [2.45, 2.75) is 32.1 Å². The van der Waals surface area contributed by atoms with Gasteiger partial charge in [-0.25, -0.2) is 4.98 Å². The van der Waals surface area contributed by atoms with E-state index in [0.29, 0.717) is 11.4 Å². The smallest absolute Gasteiger partial charge is 0.239 e. The predicted molar refractivity (Wildman–Crippen MR) is 88.8 cm³/mol. The number of pyridine rings is 1. The van der Waals surface area contributed by atoms with Gasteiger partial charge in [-0.3, -0.25) is 4.79 Å². The zero-order valence-corrected chi connectivity index (χ0v) is 13.7. The summed E-state index contributed by atoms with van der Waals surface area (Å²) in [4.78, 5) is 18.0. The molecule has 23 heavy (non-hydrogen) atoms. The molecule has 0 unspecified atom stereocenters. The van der Waals surface area contributed by atoms with Crippen LogP contribution in [0.2, 0.25) is 0 Å².